The van der Waals surface area contributed by atoms with Gasteiger partial charge in [-0.2, -0.15) is 0 Å². The van der Waals surface area contributed by atoms with Crippen molar-refractivity contribution in [1.29, 1.82) is 0 Å². The molecule has 7 nitrogen and oxygen atoms in total. The van der Waals surface area contributed by atoms with Crippen LogP contribution in [0.25, 0.3) is 0 Å². The molecule has 3 heterocycles. The first kappa shape index (κ1) is 23.2. The topological polar surface area (TPSA) is 56.2 Å². The first-order chi connectivity index (χ1) is 13.2. The van der Waals surface area contributed by atoms with Crippen LogP contribution in [0.3, 0.4) is 0 Å². The Kier molecular flexibility index (Phi) is 9.73. The van der Waals surface area contributed by atoms with Crippen LogP contribution in [0.1, 0.15) is 18.9 Å². The second kappa shape index (κ2) is 11.8. The molecule has 2 aliphatic rings. The first-order valence-electron chi connectivity index (χ1n) is 10.1. The molecule has 2 aliphatic heterocycles. The van der Waals surface area contributed by atoms with Crippen LogP contribution in [-0.2, 0) is 11.3 Å². The van der Waals surface area contributed by atoms with Gasteiger partial charge in [-0.15, -0.1) is 24.0 Å². The van der Waals surface area contributed by atoms with Crippen LogP contribution in [0.5, 0.6) is 0 Å². The van der Waals surface area contributed by atoms with Gasteiger partial charge < -0.3 is 24.8 Å². The predicted molar refractivity (Wildman–Crippen MR) is 126 cm³/mol. The molecule has 1 aromatic rings. The number of rotatable bonds is 6. The van der Waals surface area contributed by atoms with E-state index in [0.717, 1.165) is 70.7 Å². The van der Waals surface area contributed by atoms with Crippen molar-refractivity contribution in [2.45, 2.75) is 19.9 Å². The highest BCUT2D eigenvalue weighted by molar-refractivity contribution is 14.0. The lowest BCUT2D eigenvalue weighted by molar-refractivity contribution is 0.181. The van der Waals surface area contributed by atoms with Crippen molar-refractivity contribution in [3.05, 3.63) is 23.9 Å². The molecule has 0 radical (unpaired) electrons. The summed E-state index contributed by atoms with van der Waals surface area (Å²) in [6.07, 6.45) is 3.05. The average molecular weight is 502 g/mol. The normalized spacial score (nSPS) is 20.8. The number of aliphatic imine (C=N–C) groups is 1. The maximum Gasteiger partial charge on any atom is 0.193 e. The lowest BCUT2D eigenvalue weighted by Gasteiger charge is -2.33. The lowest BCUT2D eigenvalue weighted by atomic mass is 10.1. The molecule has 0 spiro atoms. The third-order valence-corrected chi connectivity index (χ3v) is 5.30. The molecule has 158 valence electrons. The van der Waals surface area contributed by atoms with E-state index < -0.39 is 0 Å². The monoisotopic (exact) mass is 502 g/mol. The Morgan fingerprint density at radius 2 is 2.14 bits per heavy atom. The van der Waals surface area contributed by atoms with Crippen molar-refractivity contribution in [2.24, 2.45) is 10.9 Å². The second-order valence-corrected chi connectivity index (χ2v) is 7.59. The van der Waals surface area contributed by atoms with Crippen molar-refractivity contribution in [3.8, 4) is 0 Å². The van der Waals surface area contributed by atoms with Crippen LogP contribution in [0.15, 0.2) is 23.3 Å². The molecule has 1 N–H and O–H groups in total. The molecule has 1 atom stereocenters. The van der Waals surface area contributed by atoms with Gasteiger partial charge >= 0.3 is 0 Å². The number of hydrogen-bond acceptors (Lipinski definition) is 5. The first-order valence-corrected chi connectivity index (χ1v) is 10.1. The van der Waals surface area contributed by atoms with Crippen molar-refractivity contribution in [1.82, 2.24) is 20.1 Å². The van der Waals surface area contributed by atoms with Gasteiger partial charge in [0.05, 0.1) is 13.2 Å². The summed E-state index contributed by atoms with van der Waals surface area (Å²) in [5.74, 6) is 2.63. The molecule has 0 amide bonds. The molecule has 0 aromatic carbocycles. The zero-order chi connectivity index (χ0) is 19.1. The Morgan fingerprint density at radius 3 is 2.82 bits per heavy atom. The van der Waals surface area contributed by atoms with Crippen molar-refractivity contribution < 1.29 is 4.74 Å². The number of hydrogen-bond donors (Lipinski definition) is 1. The molecule has 8 heteroatoms. The molecule has 1 aromatic heterocycles. The van der Waals surface area contributed by atoms with E-state index in [2.05, 4.69) is 58.2 Å². The number of pyridine rings is 1. The number of ether oxygens (including phenoxy) is 1. The fraction of sp³-hybridized carbons (Fsp3) is 0.700. The van der Waals surface area contributed by atoms with Gasteiger partial charge in [0.25, 0.3) is 0 Å². The standard InChI is InChI=1S/C20H34N6O.HI/c1-4-21-20(25(3)15-18-6-12-27-16-18)23-14-17-5-7-22-19(13-17)26-10-8-24(2)9-11-26;/h5,7,13,18H,4,6,8-12,14-16H2,1-3H3,(H,21,23);1H. The summed E-state index contributed by atoms with van der Waals surface area (Å²) in [5, 5.41) is 3.41. The lowest BCUT2D eigenvalue weighted by Crippen LogP contribution is -2.44. The average Bonchev–Trinajstić information content (AvgIpc) is 3.19. The Bertz CT molecular complexity index is 614. The molecule has 2 fully saturated rings. The van der Waals surface area contributed by atoms with E-state index in [1.54, 1.807) is 0 Å². The number of likely N-dealkylation sites (N-methyl/N-ethyl adjacent to an activating group) is 1. The van der Waals surface area contributed by atoms with E-state index in [9.17, 15) is 0 Å². The summed E-state index contributed by atoms with van der Waals surface area (Å²) in [7, 11) is 4.29. The van der Waals surface area contributed by atoms with Crippen molar-refractivity contribution in [3.63, 3.8) is 0 Å². The minimum absolute atomic E-state index is 0. The van der Waals surface area contributed by atoms with Crippen LogP contribution in [-0.4, -0.2) is 87.3 Å². The maximum absolute atomic E-state index is 5.50. The number of piperazine rings is 1. The highest BCUT2D eigenvalue weighted by atomic mass is 127. The Labute approximate surface area is 186 Å². The molecule has 1 unspecified atom stereocenters. The summed E-state index contributed by atoms with van der Waals surface area (Å²) >= 11 is 0. The summed E-state index contributed by atoms with van der Waals surface area (Å²) in [4.78, 5) is 16.4. The van der Waals surface area contributed by atoms with Gasteiger partial charge in [-0.1, -0.05) is 0 Å². The quantitative estimate of drug-likeness (QED) is 0.365. The zero-order valence-electron chi connectivity index (χ0n) is 17.4. The van der Waals surface area contributed by atoms with Crippen LogP contribution < -0.4 is 10.2 Å². The Balaban J connectivity index is 0.00000280. The Morgan fingerprint density at radius 1 is 1.36 bits per heavy atom. The largest absolute Gasteiger partial charge is 0.381 e. The molecular formula is C20H35IN6O. The molecule has 0 aliphatic carbocycles. The molecule has 2 saturated heterocycles. The maximum atomic E-state index is 5.50. The zero-order valence-corrected chi connectivity index (χ0v) is 19.8. The molecule has 0 saturated carbocycles. The van der Waals surface area contributed by atoms with Gasteiger partial charge in [0.1, 0.15) is 5.82 Å². The predicted octanol–water partition coefficient (Wildman–Crippen LogP) is 1.89. The third kappa shape index (κ3) is 6.73. The van der Waals surface area contributed by atoms with Crippen molar-refractivity contribution >= 4 is 35.8 Å². The highest BCUT2D eigenvalue weighted by Crippen LogP contribution is 2.16. The van der Waals surface area contributed by atoms with Crippen LogP contribution >= 0.6 is 24.0 Å². The molecule has 28 heavy (non-hydrogen) atoms. The van der Waals surface area contributed by atoms with Gasteiger partial charge in [-0.3, -0.25) is 0 Å². The molecule has 0 bridgehead atoms. The summed E-state index contributed by atoms with van der Waals surface area (Å²) < 4.78 is 5.50. The minimum Gasteiger partial charge on any atom is -0.381 e. The van der Waals surface area contributed by atoms with Gasteiger partial charge in [-0.05, 0) is 38.1 Å². The smallest absolute Gasteiger partial charge is 0.193 e. The minimum atomic E-state index is 0. The van der Waals surface area contributed by atoms with E-state index in [0.29, 0.717) is 12.5 Å². The van der Waals surface area contributed by atoms with Gasteiger partial charge in [0, 0.05) is 65.0 Å². The van der Waals surface area contributed by atoms with E-state index in [4.69, 9.17) is 9.73 Å². The summed E-state index contributed by atoms with van der Waals surface area (Å²) in [6, 6.07) is 4.25. The third-order valence-electron chi connectivity index (χ3n) is 5.30. The van der Waals surface area contributed by atoms with Crippen molar-refractivity contribution in [2.75, 3.05) is 71.5 Å². The van der Waals surface area contributed by atoms with E-state index in [-0.39, 0.29) is 24.0 Å². The number of nitrogens with one attached hydrogen (secondary N) is 1. The van der Waals surface area contributed by atoms with Crippen LogP contribution in [0.2, 0.25) is 0 Å². The Hall–Kier alpha value is -1.13. The molecular weight excluding hydrogens is 467 g/mol. The summed E-state index contributed by atoms with van der Waals surface area (Å²) in [5.41, 5.74) is 1.20. The highest BCUT2D eigenvalue weighted by Gasteiger charge is 2.19. The summed E-state index contributed by atoms with van der Waals surface area (Å²) in [6.45, 7) is 10.6. The number of halogens is 1. The fourth-order valence-electron chi connectivity index (χ4n) is 3.60. The SMILES string of the molecule is CCNC(=NCc1ccnc(N2CCN(C)CC2)c1)N(C)CC1CCOC1.I. The van der Waals surface area contributed by atoms with Gasteiger partial charge in [0.15, 0.2) is 5.96 Å². The fourth-order valence-corrected chi connectivity index (χ4v) is 3.60. The van der Waals surface area contributed by atoms with E-state index in [1.807, 2.05) is 6.20 Å². The van der Waals surface area contributed by atoms with Gasteiger partial charge in [0.2, 0.25) is 0 Å². The number of guanidine groups is 1. The van der Waals surface area contributed by atoms with Gasteiger partial charge in [-0.25, -0.2) is 9.98 Å². The van der Waals surface area contributed by atoms with Crippen LogP contribution in [0, 0.1) is 5.92 Å². The number of anilines is 1. The molecule has 3 rings (SSSR count). The van der Waals surface area contributed by atoms with E-state index >= 15 is 0 Å². The number of aromatic nitrogens is 1. The second-order valence-electron chi connectivity index (χ2n) is 7.59. The number of nitrogens with zero attached hydrogens (tertiary/aromatic N) is 5. The van der Waals surface area contributed by atoms with E-state index in [1.165, 1.54) is 5.56 Å². The van der Waals surface area contributed by atoms with Crippen LogP contribution in [0.4, 0.5) is 5.82 Å².